The normalized spacial score (nSPS) is 13.8. The SMILES string of the molecule is COC(=O)C(NCC(O)COc1cccc(C)c1)C(C)C. The van der Waals surface area contributed by atoms with Crippen molar-refractivity contribution in [3.05, 3.63) is 29.8 Å². The van der Waals surface area contributed by atoms with Gasteiger partial charge >= 0.3 is 5.97 Å². The summed E-state index contributed by atoms with van der Waals surface area (Å²) in [5.74, 6) is 0.488. The van der Waals surface area contributed by atoms with Crippen LogP contribution in [-0.4, -0.2) is 43.5 Å². The van der Waals surface area contributed by atoms with Crippen LogP contribution in [0.25, 0.3) is 0 Å². The summed E-state index contributed by atoms with van der Waals surface area (Å²) in [5.41, 5.74) is 1.10. The summed E-state index contributed by atoms with van der Waals surface area (Å²) in [6.45, 7) is 6.26. The van der Waals surface area contributed by atoms with Gasteiger partial charge in [0.1, 0.15) is 24.5 Å². The molecule has 2 N–H and O–H groups in total. The predicted octanol–water partition coefficient (Wildman–Crippen LogP) is 1.52. The molecule has 118 valence electrons. The number of hydrogen-bond donors (Lipinski definition) is 2. The van der Waals surface area contributed by atoms with E-state index in [2.05, 4.69) is 5.32 Å². The number of rotatable bonds is 8. The zero-order valence-corrected chi connectivity index (χ0v) is 13.1. The molecular formula is C16H25NO4. The number of carbonyl (C=O) groups excluding carboxylic acids is 1. The number of carbonyl (C=O) groups is 1. The van der Waals surface area contributed by atoms with E-state index in [4.69, 9.17) is 9.47 Å². The van der Waals surface area contributed by atoms with Gasteiger partial charge in [-0.2, -0.15) is 0 Å². The Bertz CT molecular complexity index is 448. The molecule has 5 nitrogen and oxygen atoms in total. The number of aryl methyl sites for hydroxylation is 1. The Hall–Kier alpha value is -1.59. The van der Waals surface area contributed by atoms with Crippen LogP contribution >= 0.6 is 0 Å². The number of esters is 1. The smallest absolute Gasteiger partial charge is 0.323 e. The largest absolute Gasteiger partial charge is 0.491 e. The lowest BCUT2D eigenvalue weighted by molar-refractivity contribution is -0.144. The van der Waals surface area contributed by atoms with E-state index in [1.165, 1.54) is 7.11 Å². The highest BCUT2D eigenvalue weighted by Gasteiger charge is 2.23. The van der Waals surface area contributed by atoms with Crippen LogP contribution in [-0.2, 0) is 9.53 Å². The molecule has 0 aliphatic heterocycles. The molecule has 1 rings (SSSR count). The zero-order chi connectivity index (χ0) is 15.8. The number of benzene rings is 1. The molecule has 1 aromatic rings. The number of aliphatic hydroxyl groups is 1. The maximum atomic E-state index is 11.6. The third-order valence-corrected chi connectivity index (χ3v) is 3.13. The van der Waals surface area contributed by atoms with Gasteiger partial charge in [0.25, 0.3) is 0 Å². The maximum absolute atomic E-state index is 11.6. The Morgan fingerprint density at radius 3 is 2.67 bits per heavy atom. The van der Waals surface area contributed by atoms with Crippen LogP contribution in [0.5, 0.6) is 5.75 Å². The quantitative estimate of drug-likeness (QED) is 0.712. The lowest BCUT2D eigenvalue weighted by Gasteiger charge is -2.21. The molecule has 0 saturated heterocycles. The monoisotopic (exact) mass is 295 g/mol. The highest BCUT2D eigenvalue weighted by atomic mass is 16.5. The van der Waals surface area contributed by atoms with Gasteiger partial charge in [-0.15, -0.1) is 0 Å². The minimum atomic E-state index is -0.698. The van der Waals surface area contributed by atoms with Crippen LogP contribution in [0.4, 0.5) is 0 Å². The fraction of sp³-hybridized carbons (Fsp3) is 0.562. The second kappa shape index (κ2) is 8.64. The fourth-order valence-corrected chi connectivity index (χ4v) is 1.94. The van der Waals surface area contributed by atoms with Crippen molar-refractivity contribution in [2.24, 2.45) is 5.92 Å². The predicted molar refractivity (Wildman–Crippen MR) is 81.3 cm³/mol. The van der Waals surface area contributed by atoms with Gasteiger partial charge in [0.2, 0.25) is 0 Å². The number of nitrogens with one attached hydrogen (secondary N) is 1. The topological polar surface area (TPSA) is 67.8 Å². The number of hydrogen-bond acceptors (Lipinski definition) is 5. The van der Waals surface area contributed by atoms with E-state index in [0.29, 0.717) is 0 Å². The van der Waals surface area contributed by atoms with E-state index in [0.717, 1.165) is 11.3 Å². The Labute approximate surface area is 126 Å². The Balaban J connectivity index is 2.39. The van der Waals surface area contributed by atoms with Crippen LogP contribution < -0.4 is 10.1 Å². The van der Waals surface area contributed by atoms with Gasteiger partial charge in [-0.3, -0.25) is 4.79 Å². The summed E-state index contributed by atoms with van der Waals surface area (Å²) in [5, 5.41) is 12.9. The zero-order valence-electron chi connectivity index (χ0n) is 13.1. The summed E-state index contributed by atoms with van der Waals surface area (Å²) >= 11 is 0. The van der Waals surface area contributed by atoms with E-state index >= 15 is 0 Å². The van der Waals surface area contributed by atoms with Crippen molar-refractivity contribution in [3.8, 4) is 5.75 Å². The minimum absolute atomic E-state index is 0.0855. The lowest BCUT2D eigenvalue weighted by atomic mass is 10.0. The van der Waals surface area contributed by atoms with Crippen molar-refractivity contribution < 1.29 is 19.4 Å². The van der Waals surface area contributed by atoms with Crippen molar-refractivity contribution >= 4 is 5.97 Å². The van der Waals surface area contributed by atoms with E-state index in [-0.39, 0.29) is 25.0 Å². The van der Waals surface area contributed by atoms with Gasteiger partial charge in [0, 0.05) is 6.54 Å². The van der Waals surface area contributed by atoms with Crippen LogP contribution in [0, 0.1) is 12.8 Å². The van der Waals surface area contributed by atoms with Crippen LogP contribution in [0.15, 0.2) is 24.3 Å². The fourth-order valence-electron chi connectivity index (χ4n) is 1.94. The first-order valence-corrected chi connectivity index (χ1v) is 7.12. The molecule has 0 aliphatic carbocycles. The molecule has 0 amide bonds. The first kappa shape index (κ1) is 17.5. The van der Waals surface area contributed by atoms with Crippen molar-refractivity contribution in [2.75, 3.05) is 20.3 Å². The minimum Gasteiger partial charge on any atom is -0.491 e. The molecule has 0 aliphatic rings. The second-order valence-electron chi connectivity index (χ2n) is 5.43. The van der Waals surface area contributed by atoms with E-state index < -0.39 is 12.1 Å². The molecule has 1 aromatic carbocycles. The molecule has 0 saturated carbocycles. The molecule has 21 heavy (non-hydrogen) atoms. The third-order valence-electron chi connectivity index (χ3n) is 3.13. The van der Waals surface area contributed by atoms with Gasteiger partial charge in [-0.1, -0.05) is 26.0 Å². The summed E-state index contributed by atoms with van der Waals surface area (Å²) in [7, 11) is 1.36. The van der Waals surface area contributed by atoms with Crippen LogP contribution in [0.2, 0.25) is 0 Å². The summed E-state index contributed by atoms with van der Waals surface area (Å²) < 4.78 is 10.3. The van der Waals surface area contributed by atoms with Crippen molar-refractivity contribution in [1.29, 1.82) is 0 Å². The second-order valence-corrected chi connectivity index (χ2v) is 5.43. The standard InChI is InChI=1S/C16H25NO4/c1-11(2)15(16(19)20-4)17-9-13(18)10-21-14-7-5-6-12(3)8-14/h5-8,11,13,15,17-18H,9-10H2,1-4H3. The Morgan fingerprint density at radius 2 is 2.10 bits per heavy atom. The van der Waals surface area contributed by atoms with E-state index in [9.17, 15) is 9.90 Å². The molecule has 5 heteroatoms. The van der Waals surface area contributed by atoms with Gasteiger partial charge in [-0.05, 0) is 30.5 Å². The third kappa shape index (κ3) is 6.14. The van der Waals surface area contributed by atoms with E-state index in [1.807, 2.05) is 45.0 Å². The molecule has 0 fully saturated rings. The molecule has 0 spiro atoms. The van der Waals surface area contributed by atoms with Gasteiger partial charge in [0.05, 0.1) is 7.11 Å². The van der Waals surface area contributed by atoms with Gasteiger partial charge < -0.3 is 19.9 Å². The lowest BCUT2D eigenvalue weighted by Crippen LogP contribution is -2.45. The summed E-state index contributed by atoms with van der Waals surface area (Å²) in [4.78, 5) is 11.6. The number of ether oxygens (including phenoxy) is 2. The van der Waals surface area contributed by atoms with Crippen molar-refractivity contribution in [1.82, 2.24) is 5.32 Å². The molecule has 0 aromatic heterocycles. The van der Waals surface area contributed by atoms with Crippen molar-refractivity contribution in [2.45, 2.75) is 32.9 Å². The maximum Gasteiger partial charge on any atom is 0.323 e. The Morgan fingerprint density at radius 1 is 1.38 bits per heavy atom. The highest BCUT2D eigenvalue weighted by molar-refractivity contribution is 5.75. The average Bonchev–Trinajstić information content (AvgIpc) is 2.44. The van der Waals surface area contributed by atoms with Crippen LogP contribution in [0.3, 0.4) is 0 Å². The molecule has 2 unspecified atom stereocenters. The first-order valence-electron chi connectivity index (χ1n) is 7.12. The number of aliphatic hydroxyl groups excluding tert-OH is 1. The molecule has 0 heterocycles. The number of methoxy groups -OCH3 is 1. The van der Waals surface area contributed by atoms with Gasteiger partial charge in [0.15, 0.2) is 0 Å². The van der Waals surface area contributed by atoms with E-state index in [1.54, 1.807) is 0 Å². The first-order chi connectivity index (χ1) is 9.93. The van der Waals surface area contributed by atoms with Crippen LogP contribution in [0.1, 0.15) is 19.4 Å². The molecule has 2 atom stereocenters. The molecule has 0 bridgehead atoms. The van der Waals surface area contributed by atoms with Crippen molar-refractivity contribution in [3.63, 3.8) is 0 Å². The Kier molecular flexibility index (Phi) is 7.19. The average molecular weight is 295 g/mol. The highest BCUT2D eigenvalue weighted by Crippen LogP contribution is 2.12. The molecule has 0 radical (unpaired) electrons. The molecular weight excluding hydrogens is 270 g/mol. The van der Waals surface area contributed by atoms with Gasteiger partial charge in [-0.25, -0.2) is 0 Å². The summed E-state index contributed by atoms with van der Waals surface area (Å²) in [6.07, 6.45) is -0.698. The summed E-state index contributed by atoms with van der Waals surface area (Å²) in [6, 6.07) is 7.21.